The number of carboxylic acid groups (broad SMARTS) is 1. The molecule has 0 amide bonds. The molecule has 1 unspecified atom stereocenters. The number of sulfonamides is 1. The third-order valence-corrected chi connectivity index (χ3v) is 6.12. The lowest BCUT2D eigenvalue weighted by atomic mass is 10.2. The molecule has 0 aliphatic carbocycles. The van der Waals surface area contributed by atoms with Crippen molar-refractivity contribution in [2.75, 3.05) is 0 Å². The van der Waals surface area contributed by atoms with E-state index in [0.717, 1.165) is 11.6 Å². The van der Waals surface area contributed by atoms with Crippen LogP contribution in [-0.2, 0) is 10.0 Å². The minimum Gasteiger partial charge on any atom is -0.478 e. The zero-order chi connectivity index (χ0) is 21.0. The predicted octanol–water partition coefficient (Wildman–Crippen LogP) is 4.07. The van der Waals surface area contributed by atoms with Crippen molar-refractivity contribution in [3.8, 4) is 11.5 Å². The van der Waals surface area contributed by atoms with Gasteiger partial charge in [-0.2, -0.15) is 0 Å². The Kier molecular flexibility index (Phi) is 6.21. The Hall–Kier alpha value is -2.88. The standard InChI is InChI=1S/C20H18N2O5S2/c1-13(14-7-9-22-10-8-14)28-17-11-15(20(23)24)12-18(29(21,25)26)19(17)27-16-5-3-2-4-6-16/h2-13H,1H3,(H,23,24)(H2,21,25,26). The third-order valence-electron chi connectivity index (χ3n) is 4.02. The molecule has 0 radical (unpaired) electrons. The Morgan fingerprint density at radius 1 is 1.14 bits per heavy atom. The van der Waals surface area contributed by atoms with Gasteiger partial charge in [-0.1, -0.05) is 18.2 Å². The molecular formula is C20H18N2O5S2. The molecule has 7 nitrogen and oxygen atoms in total. The van der Waals surface area contributed by atoms with E-state index in [2.05, 4.69) is 4.98 Å². The predicted molar refractivity (Wildman–Crippen MR) is 110 cm³/mol. The molecule has 0 saturated heterocycles. The molecule has 29 heavy (non-hydrogen) atoms. The first-order chi connectivity index (χ1) is 13.8. The molecule has 0 saturated carbocycles. The number of nitrogens with two attached hydrogens (primary N) is 1. The third kappa shape index (κ3) is 5.14. The van der Waals surface area contributed by atoms with E-state index in [1.165, 1.54) is 17.8 Å². The molecule has 0 aliphatic heterocycles. The number of rotatable bonds is 7. The van der Waals surface area contributed by atoms with E-state index >= 15 is 0 Å². The average molecular weight is 431 g/mol. The van der Waals surface area contributed by atoms with E-state index < -0.39 is 16.0 Å². The van der Waals surface area contributed by atoms with Crippen molar-refractivity contribution < 1.29 is 23.1 Å². The molecule has 2 aromatic carbocycles. The van der Waals surface area contributed by atoms with Gasteiger partial charge >= 0.3 is 5.97 Å². The van der Waals surface area contributed by atoms with Crippen molar-refractivity contribution in [1.29, 1.82) is 0 Å². The quantitative estimate of drug-likeness (QED) is 0.542. The van der Waals surface area contributed by atoms with Gasteiger partial charge in [-0.25, -0.2) is 18.4 Å². The second-order valence-electron chi connectivity index (χ2n) is 6.11. The van der Waals surface area contributed by atoms with Gasteiger partial charge in [0.1, 0.15) is 10.6 Å². The highest BCUT2D eigenvalue weighted by Crippen LogP contribution is 2.44. The van der Waals surface area contributed by atoms with Gasteiger partial charge < -0.3 is 9.84 Å². The zero-order valence-corrected chi connectivity index (χ0v) is 17.0. The van der Waals surface area contributed by atoms with E-state index in [1.54, 1.807) is 42.7 Å². The van der Waals surface area contributed by atoms with Crippen LogP contribution in [0.2, 0.25) is 0 Å². The number of pyridine rings is 1. The van der Waals surface area contributed by atoms with E-state index in [0.29, 0.717) is 10.6 Å². The van der Waals surface area contributed by atoms with Gasteiger partial charge in [0, 0.05) is 17.6 Å². The fraction of sp³-hybridized carbons (Fsp3) is 0.100. The molecule has 0 fully saturated rings. The topological polar surface area (TPSA) is 120 Å². The highest BCUT2D eigenvalue weighted by atomic mass is 32.2. The summed E-state index contributed by atoms with van der Waals surface area (Å²) in [5, 5.41) is 14.7. The van der Waals surface area contributed by atoms with Crippen molar-refractivity contribution in [1.82, 2.24) is 4.98 Å². The highest BCUT2D eigenvalue weighted by Gasteiger charge is 2.25. The zero-order valence-electron chi connectivity index (χ0n) is 15.3. The van der Waals surface area contributed by atoms with Gasteiger partial charge in [0.15, 0.2) is 5.75 Å². The van der Waals surface area contributed by atoms with Crippen LogP contribution >= 0.6 is 11.8 Å². The number of carboxylic acids is 1. The van der Waals surface area contributed by atoms with Crippen LogP contribution in [0.15, 0.2) is 76.8 Å². The Balaban J connectivity index is 2.15. The number of para-hydroxylation sites is 1. The maximum atomic E-state index is 12.2. The first-order valence-corrected chi connectivity index (χ1v) is 10.9. The number of benzene rings is 2. The molecule has 9 heteroatoms. The van der Waals surface area contributed by atoms with Crippen LogP contribution in [0.3, 0.4) is 0 Å². The van der Waals surface area contributed by atoms with Crippen LogP contribution in [0, 0.1) is 0 Å². The molecular weight excluding hydrogens is 412 g/mol. The molecule has 0 bridgehead atoms. The monoisotopic (exact) mass is 430 g/mol. The molecule has 1 aromatic heterocycles. The van der Waals surface area contributed by atoms with E-state index in [4.69, 9.17) is 9.88 Å². The van der Waals surface area contributed by atoms with E-state index in [1.807, 2.05) is 19.1 Å². The molecule has 1 atom stereocenters. The number of carbonyl (C=O) groups is 1. The number of aromatic carboxylic acids is 1. The lowest BCUT2D eigenvalue weighted by Gasteiger charge is -2.18. The summed E-state index contributed by atoms with van der Waals surface area (Å²) >= 11 is 1.27. The van der Waals surface area contributed by atoms with Crippen LogP contribution in [0.5, 0.6) is 11.5 Å². The van der Waals surface area contributed by atoms with Gasteiger partial charge in [0.05, 0.1) is 10.5 Å². The first kappa shape index (κ1) is 20.8. The maximum Gasteiger partial charge on any atom is 0.335 e. The van der Waals surface area contributed by atoms with Crippen LogP contribution in [0.1, 0.15) is 28.1 Å². The SMILES string of the molecule is CC(Sc1cc(C(=O)O)cc(S(N)(=O)=O)c1Oc1ccccc1)c1ccncc1. The van der Waals surface area contributed by atoms with Gasteiger partial charge in [-0.3, -0.25) is 4.98 Å². The van der Waals surface area contributed by atoms with Crippen molar-refractivity contribution in [2.45, 2.75) is 22.0 Å². The second-order valence-corrected chi connectivity index (χ2v) is 9.02. The number of nitrogens with zero attached hydrogens (tertiary/aromatic N) is 1. The lowest BCUT2D eigenvalue weighted by molar-refractivity contribution is 0.0696. The van der Waals surface area contributed by atoms with Gasteiger partial charge in [-0.05, 0) is 48.9 Å². The number of hydrogen-bond donors (Lipinski definition) is 2. The van der Waals surface area contributed by atoms with Crippen molar-refractivity contribution in [3.63, 3.8) is 0 Å². The van der Waals surface area contributed by atoms with Crippen LogP contribution in [-0.4, -0.2) is 24.5 Å². The second kappa shape index (κ2) is 8.64. The summed E-state index contributed by atoms with van der Waals surface area (Å²) in [6, 6.07) is 14.7. The maximum absolute atomic E-state index is 12.2. The smallest absolute Gasteiger partial charge is 0.335 e. The van der Waals surface area contributed by atoms with Crippen LogP contribution < -0.4 is 9.88 Å². The van der Waals surface area contributed by atoms with Gasteiger partial charge in [0.2, 0.25) is 10.0 Å². The van der Waals surface area contributed by atoms with E-state index in [9.17, 15) is 18.3 Å². The molecule has 1 heterocycles. The summed E-state index contributed by atoms with van der Waals surface area (Å²) in [5.74, 6) is -0.868. The Labute approximate surface area is 172 Å². The molecule has 0 spiro atoms. The summed E-state index contributed by atoms with van der Waals surface area (Å²) in [4.78, 5) is 15.5. The Morgan fingerprint density at radius 2 is 1.79 bits per heavy atom. The highest BCUT2D eigenvalue weighted by molar-refractivity contribution is 7.99. The average Bonchev–Trinajstić information content (AvgIpc) is 2.69. The Morgan fingerprint density at radius 3 is 2.38 bits per heavy atom. The van der Waals surface area contributed by atoms with Crippen molar-refractivity contribution >= 4 is 27.8 Å². The Bertz CT molecular complexity index is 1120. The summed E-state index contributed by atoms with van der Waals surface area (Å²) in [6.07, 6.45) is 3.30. The largest absolute Gasteiger partial charge is 0.478 e. The van der Waals surface area contributed by atoms with Crippen LogP contribution in [0.25, 0.3) is 0 Å². The normalized spacial score (nSPS) is 12.3. The fourth-order valence-corrected chi connectivity index (χ4v) is 4.49. The van der Waals surface area contributed by atoms with Crippen molar-refractivity contribution in [3.05, 3.63) is 78.1 Å². The number of thioether (sulfide) groups is 1. The summed E-state index contributed by atoms with van der Waals surface area (Å²) in [7, 11) is -4.24. The minimum absolute atomic E-state index is 0.00499. The molecule has 3 aromatic rings. The molecule has 150 valence electrons. The number of hydrogen-bond acceptors (Lipinski definition) is 6. The molecule has 3 rings (SSSR count). The summed E-state index contributed by atoms with van der Waals surface area (Å²) < 4.78 is 30.3. The lowest BCUT2D eigenvalue weighted by Crippen LogP contribution is -2.15. The van der Waals surface area contributed by atoms with E-state index in [-0.39, 0.29) is 21.5 Å². The van der Waals surface area contributed by atoms with Gasteiger partial charge in [-0.15, -0.1) is 11.8 Å². The number of ether oxygens (including phenoxy) is 1. The van der Waals surface area contributed by atoms with Crippen LogP contribution in [0.4, 0.5) is 0 Å². The summed E-state index contributed by atoms with van der Waals surface area (Å²) in [6.45, 7) is 1.91. The molecule has 0 aliphatic rings. The number of aromatic nitrogens is 1. The first-order valence-electron chi connectivity index (χ1n) is 8.49. The fourth-order valence-electron chi connectivity index (χ4n) is 2.60. The summed E-state index contributed by atoms with van der Waals surface area (Å²) in [5.41, 5.74) is 0.743. The number of primary sulfonamides is 1. The minimum atomic E-state index is -4.24. The van der Waals surface area contributed by atoms with Crippen molar-refractivity contribution in [2.24, 2.45) is 5.14 Å². The van der Waals surface area contributed by atoms with Gasteiger partial charge in [0.25, 0.3) is 0 Å². The molecule has 3 N–H and O–H groups in total.